The van der Waals surface area contributed by atoms with Gasteiger partial charge in [0.25, 0.3) is 0 Å². The van der Waals surface area contributed by atoms with E-state index in [9.17, 15) is 4.79 Å². The Bertz CT molecular complexity index is 822. The van der Waals surface area contributed by atoms with Crippen LogP contribution in [-0.4, -0.2) is 36.5 Å². The number of piperidine rings is 1. The van der Waals surface area contributed by atoms with Gasteiger partial charge in [-0.3, -0.25) is 4.79 Å². The maximum Gasteiger partial charge on any atom is 0.194 e. The van der Waals surface area contributed by atoms with Crippen LogP contribution in [0, 0.1) is 13.8 Å². The summed E-state index contributed by atoms with van der Waals surface area (Å²) >= 11 is 0. The summed E-state index contributed by atoms with van der Waals surface area (Å²) < 4.78 is 6.34. The van der Waals surface area contributed by atoms with Crippen LogP contribution < -0.4 is 21.7 Å². The van der Waals surface area contributed by atoms with Crippen molar-refractivity contribution in [3.05, 3.63) is 64.7 Å². The molecule has 0 aromatic heterocycles. The Kier molecular flexibility index (Phi) is 9.11. The van der Waals surface area contributed by atoms with E-state index in [1.165, 1.54) is 41.5 Å². The molecule has 0 N–H and O–H groups in total. The summed E-state index contributed by atoms with van der Waals surface area (Å²) in [7, 11) is 1.72. The lowest BCUT2D eigenvalue weighted by Crippen LogP contribution is -3.00. The van der Waals surface area contributed by atoms with E-state index in [2.05, 4.69) is 57.2 Å². The number of carbonyl (C=O) groups excluding carboxylic acids is 1. The fraction of sp³-hybridized carbons (Fsp3) is 0.500. The van der Waals surface area contributed by atoms with Crippen molar-refractivity contribution in [1.82, 2.24) is 0 Å². The highest BCUT2D eigenvalue weighted by molar-refractivity contribution is 5.85. The van der Waals surface area contributed by atoms with E-state index >= 15 is 0 Å². The second kappa shape index (κ2) is 11.1. The number of rotatable bonds is 8. The van der Waals surface area contributed by atoms with Crippen molar-refractivity contribution in [2.24, 2.45) is 0 Å². The fourth-order valence-electron chi connectivity index (χ4n) is 5.20. The normalized spacial score (nSPS) is 16.4. The number of likely N-dealkylation sites (tertiary alicyclic amines) is 1. The van der Waals surface area contributed by atoms with E-state index in [1.54, 1.807) is 7.11 Å². The molecule has 1 atom stereocenters. The van der Waals surface area contributed by atoms with Gasteiger partial charge in [-0.15, -0.1) is 0 Å². The van der Waals surface area contributed by atoms with Crippen molar-refractivity contribution in [2.75, 3.05) is 20.2 Å². The lowest BCUT2D eigenvalue weighted by molar-refractivity contribution is -0.959. The molecular weight excluding hydrogens is 438 g/mol. The minimum absolute atomic E-state index is 0. The van der Waals surface area contributed by atoms with E-state index in [-0.39, 0.29) is 23.0 Å². The van der Waals surface area contributed by atoms with Crippen molar-refractivity contribution < 1.29 is 31.0 Å². The molecule has 164 valence electrons. The zero-order valence-electron chi connectivity index (χ0n) is 18.9. The van der Waals surface area contributed by atoms with E-state index in [0.717, 1.165) is 36.3 Å². The SMILES string of the molecule is CCC(C(=O)Cc1c(C)cccc1C)[N+]1(Cc2cccc(OC)c2)CCCCC1.[Br-]. The molecular formula is C26H36BrNO2. The number of hydrogen-bond acceptors (Lipinski definition) is 2. The van der Waals surface area contributed by atoms with Gasteiger partial charge >= 0.3 is 0 Å². The zero-order chi connectivity index (χ0) is 20.9. The number of aryl methyl sites for hydroxylation is 2. The highest BCUT2D eigenvalue weighted by atomic mass is 79.9. The number of Topliss-reactive ketones (excluding diaryl/α,β-unsaturated/α-hetero) is 1. The summed E-state index contributed by atoms with van der Waals surface area (Å²) in [6.45, 7) is 9.53. The van der Waals surface area contributed by atoms with Crippen molar-refractivity contribution in [3.8, 4) is 5.75 Å². The minimum Gasteiger partial charge on any atom is -1.00 e. The van der Waals surface area contributed by atoms with Crippen LogP contribution >= 0.6 is 0 Å². The third-order valence-electron chi connectivity index (χ3n) is 6.75. The smallest absolute Gasteiger partial charge is 0.194 e. The third kappa shape index (κ3) is 5.53. The molecule has 1 saturated heterocycles. The molecule has 1 aliphatic rings. The van der Waals surface area contributed by atoms with Gasteiger partial charge in [-0.25, -0.2) is 0 Å². The van der Waals surface area contributed by atoms with Crippen LogP contribution in [0.3, 0.4) is 0 Å². The number of benzene rings is 2. The molecule has 0 spiro atoms. The average Bonchev–Trinajstić information content (AvgIpc) is 2.72. The van der Waals surface area contributed by atoms with E-state index in [0.29, 0.717) is 12.2 Å². The molecule has 2 aromatic rings. The molecule has 1 aliphatic heterocycles. The number of halogens is 1. The molecule has 3 nitrogen and oxygen atoms in total. The lowest BCUT2D eigenvalue weighted by Gasteiger charge is -2.46. The monoisotopic (exact) mass is 473 g/mol. The van der Waals surface area contributed by atoms with Gasteiger partial charge in [0.15, 0.2) is 5.78 Å². The summed E-state index contributed by atoms with van der Waals surface area (Å²) in [4.78, 5) is 13.6. The van der Waals surface area contributed by atoms with Crippen LogP contribution in [-0.2, 0) is 17.8 Å². The maximum absolute atomic E-state index is 13.6. The molecule has 1 fully saturated rings. The average molecular weight is 474 g/mol. The first-order valence-electron chi connectivity index (χ1n) is 11.1. The topological polar surface area (TPSA) is 26.3 Å². The number of carbonyl (C=O) groups is 1. The summed E-state index contributed by atoms with van der Waals surface area (Å²) in [5.74, 6) is 1.29. The molecule has 0 bridgehead atoms. The van der Waals surface area contributed by atoms with Gasteiger partial charge in [-0.1, -0.05) is 37.3 Å². The molecule has 4 heteroatoms. The number of hydrogen-bond donors (Lipinski definition) is 0. The van der Waals surface area contributed by atoms with E-state index < -0.39 is 0 Å². The number of methoxy groups -OCH3 is 1. The van der Waals surface area contributed by atoms with Crippen LogP contribution in [0.15, 0.2) is 42.5 Å². The number of quaternary nitrogens is 1. The molecule has 0 aliphatic carbocycles. The van der Waals surface area contributed by atoms with Crippen molar-refractivity contribution in [2.45, 2.75) is 65.5 Å². The second-order valence-corrected chi connectivity index (χ2v) is 8.67. The first-order chi connectivity index (χ1) is 14.0. The van der Waals surface area contributed by atoms with Crippen molar-refractivity contribution in [3.63, 3.8) is 0 Å². The number of ether oxygens (including phenoxy) is 1. The van der Waals surface area contributed by atoms with Crippen molar-refractivity contribution >= 4 is 5.78 Å². The van der Waals surface area contributed by atoms with Crippen LogP contribution in [0.25, 0.3) is 0 Å². The van der Waals surface area contributed by atoms with Crippen LogP contribution in [0.1, 0.15) is 54.9 Å². The summed E-state index contributed by atoms with van der Waals surface area (Å²) in [5, 5.41) is 0. The number of nitrogens with zero attached hydrogens (tertiary/aromatic N) is 1. The summed E-state index contributed by atoms with van der Waals surface area (Å²) in [5.41, 5.74) is 4.94. The Morgan fingerprint density at radius 1 is 1.03 bits per heavy atom. The molecule has 0 amide bonds. The molecule has 0 radical (unpaired) electrons. The van der Waals surface area contributed by atoms with Crippen LogP contribution in [0.4, 0.5) is 0 Å². The molecule has 30 heavy (non-hydrogen) atoms. The fourth-order valence-corrected chi connectivity index (χ4v) is 5.20. The van der Waals surface area contributed by atoms with Gasteiger partial charge in [0.05, 0.1) is 20.2 Å². The molecule has 3 rings (SSSR count). The molecule has 1 unspecified atom stereocenters. The quantitative estimate of drug-likeness (QED) is 0.550. The maximum atomic E-state index is 13.6. The van der Waals surface area contributed by atoms with Crippen LogP contribution in [0.2, 0.25) is 0 Å². The molecule has 1 heterocycles. The Balaban J connectivity index is 0.00000320. The largest absolute Gasteiger partial charge is 1.00 e. The van der Waals surface area contributed by atoms with Gasteiger partial charge in [-0.2, -0.15) is 0 Å². The molecule has 2 aromatic carbocycles. The highest BCUT2D eigenvalue weighted by Gasteiger charge is 2.41. The summed E-state index contributed by atoms with van der Waals surface area (Å²) in [6, 6.07) is 14.8. The minimum atomic E-state index is 0. The van der Waals surface area contributed by atoms with Gasteiger partial charge in [-0.05, 0) is 61.9 Å². The number of ketones is 1. The Morgan fingerprint density at radius 2 is 1.67 bits per heavy atom. The first kappa shape index (κ1) is 24.6. The molecule has 0 saturated carbocycles. The Hall–Kier alpha value is -1.65. The van der Waals surface area contributed by atoms with Gasteiger partial charge in [0.2, 0.25) is 0 Å². The zero-order valence-corrected chi connectivity index (χ0v) is 20.5. The Labute approximate surface area is 192 Å². The second-order valence-electron chi connectivity index (χ2n) is 8.67. The predicted octanol–water partition coefficient (Wildman–Crippen LogP) is 2.41. The predicted molar refractivity (Wildman–Crippen MR) is 119 cm³/mol. The Morgan fingerprint density at radius 3 is 2.27 bits per heavy atom. The lowest BCUT2D eigenvalue weighted by atomic mass is 9.91. The van der Waals surface area contributed by atoms with E-state index in [1.807, 2.05) is 6.07 Å². The first-order valence-corrected chi connectivity index (χ1v) is 11.1. The summed E-state index contributed by atoms with van der Waals surface area (Å²) in [6.07, 6.45) is 5.14. The van der Waals surface area contributed by atoms with Crippen molar-refractivity contribution in [1.29, 1.82) is 0 Å². The standard InChI is InChI=1S/C26H36NO2.BrH/c1-5-25(26(28)18-24-20(2)11-9-12-21(24)3)27(15-7-6-8-16-27)19-22-13-10-14-23(17-22)29-4;/h9-14,17,25H,5-8,15-16,18-19H2,1-4H3;1H/q+1;/p-1. The highest BCUT2D eigenvalue weighted by Crippen LogP contribution is 2.31. The van der Waals surface area contributed by atoms with E-state index in [4.69, 9.17) is 4.74 Å². The third-order valence-corrected chi connectivity index (χ3v) is 6.75. The van der Waals surface area contributed by atoms with Crippen LogP contribution in [0.5, 0.6) is 5.75 Å². The van der Waals surface area contributed by atoms with Gasteiger partial charge in [0.1, 0.15) is 18.3 Å². The van der Waals surface area contributed by atoms with Gasteiger partial charge in [0, 0.05) is 18.4 Å². The van der Waals surface area contributed by atoms with Gasteiger partial charge < -0.3 is 26.2 Å².